The van der Waals surface area contributed by atoms with Crippen LogP contribution in [0.1, 0.15) is 20.8 Å². The molecule has 0 aliphatic rings. The molecule has 0 unspecified atom stereocenters. The number of hydrogen-bond acceptors (Lipinski definition) is 3. The van der Waals surface area contributed by atoms with Crippen molar-refractivity contribution in [1.82, 2.24) is 0 Å². The number of nitrogens with two attached hydrogens (primary N) is 1. The van der Waals surface area contributed by atoms with E-state index >= 15 is 0 Å². The van der Waals surface area contributed by atoms with Crippen molar-refractivity contribution >= 4 is 5.97 Å². The number of methoxy groups -OCH3 is 1. The molecule has 0 aromatic heterocycles. The molecule has 0 rings (SSSR count). The molecular weight excluding hydrogens is 202 g/mol. The largest absolute Gasteiger partial charge is 0.465 e. The Hall–Kier alpha value is -1.77. The number of hydrogen-bond donors (Lipinski definition) is 1. The van der Waals surface area contributed by atoms with Gasteiger partial charge in [-0.2, -0.15) is 0 Å². The molecule has 0 aromatic carbocycles. The summed E-state index contributed by atoms with van der Waals surface area (Å²) in [7, 11) is 1.33. The summed E-state index contributed by atoms with van der Waals surface area (Å²) in [5.41, 5.74) is 8.66. The van der Waals surface area contributed by atoms with Gasteiger partial charge in [0.15, 0.2) is 0 Å². The first-order valence-corrected chi connectivity index (χ1v) is 4.96. The lowest BCUT2D eigenvalue weighted by atomic mass is 10.1. The molecular formula is C13H19NO2. The second kappa shape index (κ2) is 6.67. The van der Waals surface area contributed by atoms with E-state index in [1.807, 2.05) is 19.9 Å². The predicted octanol–water partition coefficient (Wildman–Crippen LogP) is 2.47. The highest BCUT2D eigenvalue weighted by Gasteiger charge is 2.06. The van der Waals surface area contributed by atoms with Gasteiger partial charge in [-0.1, -0.05) is 24.3 Å². The summed E-state index contributed by atoms with van der Waals surface area (Å²) in [5.74, 6) is -0.420. The molecule has 0 aromatic rings. The average Bonchev–Trinajstić information content (AvgIpc) is 2.22. The minimum Gasteiger partial charge on any atom is -0.465 e. The number of ether oxygens (including phenoxy) is 1. The first-order chi connectivity index (χ1) is 7.42. The molecule has 0 aliphatic carbocycles. The predicted molar refractivity (Wildman–Crippen MR) is 66.6 cm³/mol. The summed E-state index contributed by atoms with van der Waals surface area (Å²) in [5, 5.41) is 0. The molecule has 0 atom stereocenters. The monoisotopic (exact) mass is 221 g/mol. The Balaban J connectivity index is 5.36. The van der Waals surface area contributed by atoms with E-state index in [9.17, 15) is 4.79 Å². The van der Waals surface area contributed by atoms with Crippen molar-refractivity contribution in [2.24, 2.45) is 5.73 Å². The van der Waals surface area contributed by atoms with E-state index < -0.39 is 5.97 Å². The van der Waals surface area contributed by atoms with Crippen LogP contribution in [-0.2, 0) is 9.53 Å². The number of allylic oxidation sites excluding steroid dienone is 5. The summed E-state index contributed by atoms with van der Waals surface area (Å²) in [6.07, 6.45) is 5.02. The smallest absolute Gasteiger partial charge is 0.337 e. The molecule has 2 N–H and O–H groups in total. The molecule has 3 nitrogen and oxygen atoms in total. The zero-order chi connectivity index (χ0) is 12.7. The Morgan fingerprint density at radius 2 is 1.81 bits per heavy atom. The molecule has 0 amide bonds. The number of esters is 1. The molecule has 0 heterocycles. The third-order valence-corrected chi connectivity index (χ3v) is 1.85. The second-order valence-corrected chi connectivity index (χ2v) is 3.66. The van der Waals surface area contributed by atoms with E-state index in [2.05, 4.69) is 11.3 Å². The van der Waals surface area contributed by atoms with Crippen molar-refractivity contribution in [2.45, 2.75) is 20.8 Å². The highest BCUT2D eigenvalue weighted by molar-refractivity contribution is 5.92. The van der Waals surface area contributed by atoms with Crippen LogP contribution in [0.5, 0.6) is 0 Å². The van der Waals surface area contributed by atoms with Gasteiger partial charge in [0.2, 0.25) is 0 Å². The van der Waals surface area contributed by atoms with Gasteiger partial charge in [0.1, 0.15) is 0 Å². The van der Waals surface area contributed by atoms with Gasteiger partial charge in [-0.15, -0.1) is 0 Å². The summed E-state index contributed by atoms with van der Waals surface area (Å²) < 4.78 is 4.63. The van der Waals surface area contributed by atoms with E-state index in [0.717, 1.165) is 11.1 Å². The van der Waals surface area contributed by atoms with Gasteiger partial charge in [-0.05, 0) is 32.4 Å². The highest BCUT2D eigenvalue weighted by atomic mass is 16.5. The second-order valence-electron chi connectivity index (χ2n) is 3.66. The third-order valence-electron chi connectivity index (χ3n) is 1.85. The standard InChI is InChI=1S/C13H19NO2/c1-6-11(13(15)16-5)8-12(10(4)14)7-9(2)3/h6-8H,1,14H2,2-5H3/b11-8+,12-10+. The SMILES string of the molecule is C=C/C(=C\C(C=C(C)C)=C(/C)N)C(=O)OC. The molecule has 0 saturated carbocycles. The molecule has 0 fully saturated rings. The Labute approximate surface area is 97.0 Å². The van der Waals surface area contributed by atoms with Crippen LogP contribution in [0.4, 0.5) is 0 Å². The number of carbonyl (C=O) groups is 1. The van der Waals surface area contributed by atoms with Crippen molar-refractivity contribution in [3.05, 3.63) is 47.2 Å². The molecule has 0 radical (unpaired) electrons. The first-order valence-electron chi connectivity index (χ1n) is 4.96. The zero-order valence-corrected chi connectivity index (χ0v) is 10.3. The summed E-state index contributed by atoms with van der Waals surface area (Å²) in [4.78, 5) is 11.3. The van der Waals surface area contributed by atoms with Gasteiger partial charge >= 0.3 is 5.97 Å². The Bertz CT molecular complexity index is 365. The summed E-state index contributed by atoms with van der Waals surface area (Å²) in [6.45, 7) is 9.27. The Morgan fingerprint density at radius 1 is 1.25 bits per heavy atom. The fraction of sp³-hybridized carbons (Fsp3) is 0.308. The normalized spacial score (nSPS) is 12.6. The minimum absolute atomic E-state index is 0.389. The van der Waals surface area contributed by atoms with E-state index in [0.29, 0.717) is 11.3 Å². The first kappa shape index (κ1) is 14.2. The van der Waals surface area contributed by atoms with Gasteiger partial charge in [-0.3, -0.25) is 0 Å². The van der Waals surface area contributed by atoms with E-state index in [1.165, 1.54) is 13.2 Å². The van der Waals surface area contributed by atoms with Crippen molar-refractivity contribution in [3.63, 3.8) is 0 Å². The Kier molecular flexibility index (Phi) is 5.93. The molecule has 0 saturated heterocycles. The van der Waals surface area contributed by atoms with Crippen molar-refractivity contribution in [1.29, 1.82) is 0 Å². The van der Waals surface area contributed by atoms with E-state index in [4.69, 9.17) is 5.73 Å². The van der Waals surface area contributed by atoms with Crippen LogP contribution in [0.3, 0.4) is 0 Å². The van der Waals surface area contributed by atoms with Crippen LogP contribution in [0.2, 0.25) is 0 Å². The van der Waals surface area contributed by atoms with Gasteiger partial charge in [0.25, 0.3) is 0 Å². The third kappa shape index (κ3) is 4.64. The molecule has 16 heavy (non-hydrogen) atoms. The molecule has 88 valence electrons. The fourth-order valence-corrected chi connectivity index (χ4v) is 1.07. The van der Waals surface area contributed by atoms with Crippen LogP contribution in [0.15, 0.2) is 47.2 Å². The van der Waals surface area contributed by atoms with Gasteiger partial charge in [0.05, 0.1) is 12.7 Å². The van der Waals surface area contributed by atoms with Crippen LogP contribution < -0.4 is 5.73 Å². The summed E-state index contributed by atoms with van der Waals surface area (Å²) >= 11 is 0. The van der Waals surface area contributed by atoms with Crippen LogP contribution in [0, 0.1) is 0 Å². The molecule has 0 bridgehead atoms. The van der Waals surface area contributed by atoms with Crippen molar-refractivity contribution in [3.8, 4) is 0 Å². The van der Waals surface area contributed by atoms with Crippen LogP contribution in [0.25, 0.3) is 0 Å². The maximum atomic E-state index is 11.3. The number of rotatable bonds is 4. The van der Waals surface area contributed by atoms with Gasteiger partial charge in [-0.25, -0.2) is 4.79 Å². The minimum atomic E-state index is -0.420. The zero-order valence-electron chi connectivity index (χ0n) is 10.3. The fourth-order valence-electron chi connectivity index (χ4n) is 1.07. The van der Waals surface area contributed by atoms with Gasteiger partial charge in [0, 0.05) is 5.70 Å². The topological polar surface area (TPSA) is 52.3 Å². The molecule has 0 spiro atoms. The quantitative estimate of drug-likeness (QED) is 0.451. The van der Waals surface area contributed by atoms with E-state index in [1.54, 1.807) is 13.0 Å². The average molecular weight is 221 g/mol. The highest BCUT2D eigenvalue weighted by Crippen LogP contribution is 2.11. The van der Waals surface area contributed by atoms with Gasteiger partial charge < -0.3 is 10.5 Å². The van der Waals surface area contributed by atoms with Crippen LogP contribution >= 0.6 is 0 Å². The lowest BCUT2D eigenvalue weighted by Gasteiger charge is -2.03. The van der Waals surface area contributed by atoms with Crippen LogP contribution in [-0.4, -0.2) is 13.1 Å². The Morgan fingerprint density at radius 3 is 2.12 bits per heavy atom. The van der Waals surface area contributed by atoms with E-state index in [-0.39, 0.29) is 0 Å². The number of carbonyl (C=O) groups excluding carboxylic acids is 1. The lowest BCUT2D eigenvalue weighted by Crippen LogP contribution is -2.04. The maximum absolute atomic E-state index is 11.3. The maximum Gasteiger partial charge on any atom is 0.337 e. The summed E-state index contributed by atoms with van der Waals surface area (Å²) in [6, 6.07) is 0. The molecule has 3 heteroatoms. The van der Waals surface area contributed by atoms with Crippen molar-refractivity contribution in [2.75, 3.05) is 7.11 Å². The lowest BCUT2D eigenvalue weighted by molar-refractivity contribution is -0.135. The molecule has 0 aliphatic heterocycles. The van der Waals surface area contributed by atoms with Crippen molar-refractivity contribution < 1.29 is 9.53 Å².